The second-order valence-electron chi connectivity index (χ2n) is 8.30. The van der Waals surface area contributed by atoms with Crippen molar-refractivity contribution in [3.8, 4) is 11.1 Å². The Kier molecular flexibility index (Phi) is 7.15. The van der Waals surface area contributed by atoms with Crippen LogP contribution >= 0.6 is 0 Å². The van der Waals surface area contributed by atoms with Gasteiger partial charge in [0.25, 0.3) is 0 Å². The van der Waals surface area contributed by atoms with Gasteiger partial charge in [-0.2, -0.15) is 13.2 Å². The lowest BCUT2D eigenvalue weighted by atomic mass is 10.1. The van der Waals surface area contributed by atoms with Crippen molar-refractivity contribution in [3.05, 3.63) is 66.1 Å². The average Bonchev–Trinajstić information content (AvgIpc) is 2.88. The number of carbonyl (C=O) groups excluding carboxylic acids is 1. The molecule has 35 heavy (non-hydrogen) atoms. The average molecular weight is 486 g/mol. The van der Waals surface area contributed by atoms with Crippen LogP contribution in [0.4, 0.5) is 24.9 Å². The molecule has 8 nitrogen and oxygen atoms in total. The van der Waals surface area contributed by atoms with Gasteiger partial charge < -0.3 is 20.4 Å². The van der Waals surface area contributed by atoms with E-state index in [1.165, 1.54) is 6.07 Å². The van der Waals surface area contributed by atoms with E-state index < -0.39 is 11.7 Å². The third-order valence-corrected chi connectivity index (χ3v) is 5.88. The molecule has 11 heteroatoms. The number of halogens is 3. The largest absolute Gasteiger partial charge is 0.417 e. The van der Waals surface area contributed by atoms with Gasteiger partial charge in [-0.1, -0.05) is 18.2 Å². The Balaban J connectivity index is 1.37. The summed E-state index contributed by atoms with van der Waals surface area (Å²) in [6.45, 7) is 2.88. The number of hydrogen-bond donors (Lipinski definition) is 1. The Morgan fingerprint density at radius 2 is 1.66 bits per heavy atom. The van der Waals surface area contributed by atoms with Gasteiger partial charge in [-0.15, -0.1) is 0 Å². The molecule has 0 spiro atoms. The lowest BCUT2D eigenvalue weighted by Crippen LogP contribution is -2.47. The first-order valence-corrected chi connectivity index (χ1v) is 11.1. The minimum absolute atomic E-state index is 0.0272. The van der Waals surface area contributed by atoms with Crippen LogP contribution < -0.4 is 15.5 Å². The number of hydrogen-bond acceptors (Lipinski definition) is 7. The van der Waals surface area contributed by atoms with Crippen LogP contribution in [-0.4, -0.2) is 65.5 Å². The summed E-state index contributed by atoms with van der Waals surface area (Å²) in [6, 6.07) is 10.3. The molecule has 1 amide bonds. The van der Waals surface area contributed by atoms with E-state index in [0.29, 0.717) is 44.5 Å². The zero-order valence-corrected chi connectivity index (χ0v) is 19.2. The van der Waals surface area contributed by atoms with Crippen LogP contribution in [0.25, 0.3) is 11.1 Å². The van der Waals surface area contributed by atoms with Crippen molar-refractivity contribution in [2.75, 3.05) is 49.6 Å². The van der Waals surface area contributed by atoms with E-state index in [4.69, 9.17) is 5.73 Å². The molecule has 0 radical (unpaired) electrons. The van der Waals surface area contributed by atoms with Crippen LogP contribution in [0.2, 0.25) is 0 Å². The number of aromatic nitrogens is 3. The predicted octanol–water partition coefficient (Wildman–Crippen LogP) is 2.80. The first-order valence-electron chi connectivity index (χ1n) is 11.1. The fourth-order valence-corrected chi connectivity index (χ4v) is 3.88. The van der Waals surface area contributed by atoms with Gasteiger partial charge in [0.05, 0.1) is 12.1 Å². The number of piperazine rings is 1. The first kappa shape index (κ1) is 24.4. The molecule has 2 N–H and O–H groups in total. The fraction of sp³-hybridized carbons (Fsp3) is 0.333. The van der Waals surface area contributed by atoms with E-state index in [9.17, 15) is 18.0 Å². The maximum Gasteiger partial charge on any atom is 0.417 e. The Hall–Kier alpha value is -3.73. The summed E-state index contributed by atoms with van der Waals surface area (Å²) in [6.07, 6.45) is 0.00154. The summed E-state index contributed by atoms with van der Waals surface area (Å²) in [4.78, 5) is 30.3. The van der Waals surface area contributed by atoms with Gasteiger partial charge in [0, 0.05) is 63.9 Å². The van der Waals surface area contributed by atoms with Crippen LogP contribution in [0.15, 0.2) is 55.0 Å². The number of likely N-dealkylation sites (N-methyl/N-ethyl adjacent to an activating group) is 1. The molecule has 0 bridgehead atoms. The number of amides is 1. The zero-order chi connectivity index (χ0) is 25.0. The van der Waals surface area contributed by atoms with Gasteiger partial charge in [0.2, 0.25) is 11.9 Å². The Bertz CT molecular complexity index is 1150. The van der Waals surface area contributed by atoms with Crippen molar-refractivity contribution in [1.29, 1.82) is 0 Å². The Labute approximate surface area is 201 Å². The lowest BCUT2D eigenvalue weighted by molar-refractivity contribution is -0.137. The van der Waals surface area contributed by atoms with Gasteiger partial charge in [-0.25, -0.2) is 15.0 Å². The first-order chi connectivity index (χ1) is 16.7. The second kappa shape index (κ2) is 10.3. The van der Waals surface area contributed by atoms with Crippen molar-refractivity contribution >= 4 is 17.7 Å². The van der Waals surface area contributed by atoms with Gasteiger partial charge >= 0.3 is 6.18 Å². The summed E-state index contributed by atoms with van der Waals surface area (Å²) in [5.74, 6) is 0.989. The van der Waals surface area contributed by atoms with E-state index in [1.54, 1.807) is 24.3 Å². The van der Waals surface area contributed by atoms with E-state index in [2.05, 4.69) is 15.0 Å². The van der Waals surface area contributed by atoms with Gasteiger partial charge in [-0.05, 0) is 29.3 Å². The van der Waals surface area contributed by atoms with E-state index >= 15 is 0 Å². The molecule has 0 unspecified atom stereocenters. The van der Waals surface area contributed by atoms with Crippen molar-refractivity contribution in [3.63, 3.8) is 0 Å². The van der Waals surface area contributed by atoms with E-state index in [0.717, 1.165) is 29.0 Å². The lowest BCUT2D eigenvalue weighted by Gasteiger charge is -2.35. The molecule has 4 rings (SSSR count). The Morgan fingerprint density at radius 1 is 0.971 bits per heavy atom. The predicted molar refractivity (Wildman–Crippen MR) is 127 cm³/mol. The van der Waals surface area contributed by atoms with E-state index in [-0.39, 0.29) is 12.5 Å². The highest BCUT2D eigenvalue weighted by Crippen LogP contribution is 2.29. The van der Waals surface area contributed by atoms with Crippen molar-refractivity contribution in [2.24, 2.45) is 5.73 Å². The minimum atomic E-state index is -4.39. The summed E-state index contributed by atoms with van der Waals surface area (Å²) in [7, 11) is 1.72. The number of carbonyl (C=O) groups is 1. The molecule has 2 aromatic heterocycles. The molecule has 1 saturated heterocycles. The zero-order valence-electron chi connectivity index (χ0n) is 19.2. The van der Waals surface area contributed by atoms with Crippen LogP contribution in [-0.2, 0) is 17.5 Å². The highest BCUT2D eigenvalue weighted by Gasteiger charge is 2.31. The number of benzene rings is 1. The number of rotatable bonds is 6. The summed E-state index contributed by atoms with van der Waals surface area (Å²) < 4.78 is 38.3. The van der Waals surface area contributed by atoms with Crippen LogP contribution in [0.1, 0.15) is 11.1 Å². The maximum atomic E-state index is 12.8. The number of nitrogens with two attached hydrogens (primary N) is 1. The van der Waals surface area contributed by atoms with Crippen molar-refractivity contribution in [1.82, 2.24) is 19.9 Å². The molecule has 0 atom stereocenters. The quantitative estimate of drug-likeness (QED) is 0.574. The molecule has 1 aliphatic heterocycles. The Morgan fingerprint density at radius 3 is 2.26 bits per heavy atom. The molecule has 0 aliphatic carbocycles. The van der Waals surface area contributed by atoms with Crippen LogP contribution in [0, 0.1) is 0 Å². The van der Waals surface area contributed by atoms with Crippen molar-refractivity contribution < 1.29 is 18.0 Å². The topological polar surface area (TPSA) is 91.5 Å². The van der Waals surface area contributed by atoms with Gasteiger partial charge in [-0.3, -0.25) is 4.79 Å². The third-order valence-electron chi connectivity index (χ3n) is 5.88. The normalized spacial score (nSPS) is 14.2. The summed E-state index contributed by atoms with van der Waals surface area (Å²) in [5.41, 5.74) is 7.45. The van der Waals surface area contributed by atoms with Crippen molar-refractivity contribution in [2.45, 2.75) is 12.7 Å². The molecular weight excluding hydrogens is 459 g/mol. The SMILES string of the molecule is CN(Cc1cccc(-c2cnc(N3CCN(c4ccc(C(F)(F)F)cn4)CC3)nc2)c1)C(=O)CN. The minimum Gasteiger partial charge on any atom is -0.353 e. The number of alkyl halides is 3. The molecule has 1 fully saturated rings. The van der Waals surface area contributed by atoms with Crippen LogP contribution in [0.3, 0.4) is 0 Å². The number of nitrogens with zero attached hydrogens (tertiary/aromatic N) is 6. The number of anilines is 2. The molecule has 3 heterocycles. The smallest absolute Gasteiger partial charge is 0.353 e. The van der Waals surface area contributed by atoms with E-state index in [1.807, 2.05) is 34.1 Å². The molecule has 1 aliphatic rings. The molecule has 0 saturated carbocycles. The highest BCUT2D eigenvalue weighted by molar-refractivity contribution is 5.77. The molecule has 3 aromatic rings. The molecule has 184 valence electrons. The van der Waals surface area contributed by atoms with Crippen LogP contribution in [0.5, 0.6) is 0 Å². The second-order valence-corrected chi connectivity index (χ2v) is 8.30. The molecule has 1 aromatic carbocycles. The van der Waals surface area contributed by atoms with Gasteiger partial charge in [0.1, 0.15) is 5.82 Å². The highest BCUT2D eigenvalue weighted by atomic mass is 19.4. The third kappa shape index (κ3) is 5.86. The fourth-order valence-electron chi connectivity index (χ4n) is 3.88. The maximum absolute atomic E-state index is 12.8. The monoisotopic (exact) mass is 485 g/mol. The summed E-state index contributed by atoms with van der Waals surface area (Å²) in [5, 5.41) is 0. The van der Waals surface area contributed by atoms with Gasteiger partial charge in [0.15, 0.2) is 0 Å². The summed E-state index contributed by atoms with van der Waals surface area (Å²) >= 11 is 0. The number of pyridine rings is 1. The standard InChI is InChI=1S/C24H26F3N7O/c1-32(22(35)12-28)16-17-3-2-4-18(11-17)19-13-30-23(31-14-19)34-9-7-33(8-10-34)21-6-5-20(15-29-21)24(25,26)27/h2-6,11,13-15H,7-10,12,16,28H2,1H3. The molecular formula is C24H26F3N7O.